The van der Waals surface area contributed by atoms with Crippen molar-refractivity contribution in [3.8, 4) is 11.5 Å². The molecule has 0 radical (unpaired) electrons. The number of piperidine rings is 1. The molecule has 2 aromatic heterocycles. The Hall–Kier alpha value is -3.62. The number of esters is 1. The summed E-state index contributed by atoms with van der Waals surface area (Å²) in [5.74, 6) is 0.266. The number of hydrogen-bond donors (Lipinski definition) is 0. The molecule has 1 fully saturated rings. The minimum atomic E-state index is -0.666. The van der Waals surface area contributed by atoms with Gasteiger partial charge in [0.25, 0.3) is 5.69 Å². The van der Waals surface area contributed by atoms with E-state index in [1.165, 1.54) is 12.3 Å². The van der Waals surface area contributed by atoms with Crippen LogP contribution in [-0.4, -0.2) is 29.1 Å². The number of benzene rings is 1. The van der Waals surface area contributed by atoms with Crippen LogP contribution in [0.3, 0.4) is 0 Å². The highest BCUT2D eigenvalue weighted by atomic mass is 16.6. The van der Waals surface area contributed by atoms with Gasteiger partial charge in [0, 0.05) is 25.2 Å². The molecule has 150 valence electrons. The van der Waals surface area contributed by atoms with Gasteiger partial charge >= 0.3 is 5.97 Å². The lowest BCUT2D eigenvalue weighted by molar-refractivity contribution is -0.384. The molecule has 0 spiro atoms. The van der Waals surface area contributed by atoms with Crippen molar-refractivity contribution < 1.29 is 23.4 Å². The Labute approximate surface area is 166 Å². The average molecular weight is 397 g/mol. The first-order valence-corrected chi connectivity index (χ1v) is 9.32. The molecule has 0 N–H and O–H groups in total. The van der Waals surface area contributed by atoms with Gasteiger partial charge in [-0.3, -0.25) is 10.1 Å². The monoisotopic (exact) mass is 397 g/mol. The second-order valence-corrected chi connectivity index (χ2v) is 6.74. The van der Waals surface area contributed by atoms with E-state index in [1.807, 2.05) is 4.90 Å². The summed E-state index contributed by atoms with van der Waals surface area (Å²) in [7, 11) is 0. The van der Waals surface area contributed by atoms with Gasteiger partial charge in [-0.2, -0.15) is 0 Å². The molecule has 0 amide bonds. The zero-order valence-electron chi connectivity index (χ0n) is 15.6. The summed E-state index contributed by atoms with van der Waals surface area (Å²) < 4.78 is 15.6. The fourth-order valence-electron chi connectivity index (χ4n) is 3.34. The number of aromatic nitrogens is 1. The molecular formula is C20H19N3O6. The first-order valence-electron chi connectivity index (χ1n) is 9.32. The number of carbonyl (C=O) groups is 1. The molecule has 0 saturated carbocycles. The number of furan rings is 1. The van der Waals surface area contributed by atoms with E-state index in [0.717, 1.165) is 32.4 Å². The molecule has 3 aromatic rings. The van der Waals surface area contributed by atoms with E-state index in [-0.39, 0.29) is 17.9 Å². The number of carbonyl (C=O) groups excluding carboxylic acids is 1. The van der Waals surface area contributed by atoms with E-state index in [1.54, 1.807) is 30.3 Å². The molecule has 9 heteroatoms. The van der Waals surface area contributed by atoms with Gasteiger partial charge < -0.3 is 18.6 Å². The summed E-state index contributed by atoms with van der Waals surface area (Å²) in [4.78, 5) is 25.4. The summed E-state index contributed by atoms with van der Waals surface area (Å²) in [6.07, 6.45) is 4.63. The van der Waals surface area contributed by atoms with Crippen LogP contribution in [0.4, 0.5) is 11.4 Å². The third-order valence-electron chi connectivity index (χ3n) is 4.78. The summed E-state index contributed by atoms with van der Waals surface area (Å²) in [6.45, 7) is 1.42. The molecule has 9 nitrogen and oxygen atoms in total. The maximum Gasteiger partial charge on any atom is 0.338 e. The smallest absolute Gasteiger partial charge is 0.338 e. The quantitative estimate of drug-likeness (QED) is 0.346. The van der Waals surface area contributed by atoms with Gasteiger partial charge in [-0.05, 0) is 43.5 Å². The Morgan fingerprint density at radius 2 is 2.00 bits per heavy atom. The molecule has 1 aliphatic rings. The second kappa shape index (κ2) is 8.17. The molecule has 1 aromatic carbocycles. The zero-order chi connectivity index (χ0) is 20.2. The number of nitro groups is 1. The number of nitrogens with zero attached hydrogens (tertiary/aromatic N) is 3. The van der Waals surface area contributed by atoms with Crippen molar-refractivity contribution in [3.05, 3.63) is 64.0 Å². The van der Waals surface area contributed by atoms with Crippen LogP contribution in [0, 0.1) is 10.1 Å². The van der Waals surface area contributed by atoms with Gasteiger partial charge in [0.1, 0.15) is 18.0 Å². The van der Waals surface area contributed by atoms with E-state index in [2.05, 4.69) is 5.16 Å². The van der Waals surface area contributed by atoms with E-state index in [9.17, 15) is 14.9 Å². The SMILES string of the molecule is O=C(OCc1cc(-c2ccco2)on1)c1ccc(N2CCCCC2)c([N+](=O)[O-])c1. The highest BCUT2D eigenvalue weighted by Crippen LogP contribution is 2.31. The standard InChI is InChI=1S/C20H19N3O6/c24-20(28-13-15-12-19(29-21-15)18-5-4-10-27-18)14-6-7-16(17(11-14)23(25)26)22-8-2-1-3-9-22/h4-7,10-12H,1-3,8-9,13H2. The van der Waals surface area contributed by atoms with Crippen molar-refractivity contribution in [2.75, 3.05) is 18.0 Å². The van der Waals surface area contributed by atoms with Crippen LogP contribution in [-0.2, 0) is 11.3 Å². The van der Waals surface area contributed by atoms with Gasteiger partial charge in [0.2, 0.25) is 5.76 Å². The highest BCUT2D eigenvalue weighted by molar-refractivity contribution is 5.91. The minimum Gasteiger partial charge on any atom is -0.461 e. The van der Waals surface area contributed by atoms with Gasteiger partial charge in [0.05, 0.1) is 16.7 Å². The van der Waals surface area contributed by atoms with Crippen LogP contribution < -0.4 is 4.90 Å². The molecular weight excluding hydrogens is 378 g/mol. The van der Waals surface area contributed by atoms with Crippen LogP contribution >= 0.6 is 0 Å². The van der Waals surface area contributed by atoms with Crippen molar-refractivity contribution in [2.24, 2.45) is 0 Å². The third-order valence-corrected chi connectivity index (χ3v) is 4.78. The van der Waals surface area contributed by atoms with Gasteiger partial charge in [0.15, 0.2) is 5.76 Å². The molecule has 0 aliphatic carbocycles. The van der Waals surface area contributed by atoms with Gasteiger partial charge in [-0.15, -0.1) is 0 Å². The fraction of sp³-hybridized carbons (Fsp3) is 0.300. The summed E-state index contributed by atoms with van der Waals surface area (Å²) in [5.41, 5.74) is 0.963. The molecule has 29 heavy (non-hydrogen) atoms. The number of anilines is 1. The van der Waals surface area contributed by atoms with Crippen LogP contribution in [0.15, 0.2) is 51.6 Å². The molecule has 1 saturated heterocycles. The number of nitro benzene ring substituents is 1. The first kappa shape index (κ1) is 18.7. The van der Waals surface area contributed by atoms with E-state index >= 15 is 0 Å². The van der Waals surface area contributed by atoms with E-state index < -0.39 is 10.9 Å². The summed E-state index contributed by atoms with van der Waals surface area (Å²) in [5, 5.41) is 15.4. The lowest BCUT2D eigenvalue weighted by Crippen LogP contribution is -2.30. The topological polar surface area (TPSA) is 112 Å². The summed E-state index contributed by atoms with van der Waals surface area (Å²) >= 11 is 0. The molecule has 3 heterocycles. The van der Waals surface area contributed by atoms with Gasteiger partial charge in [-0.1, -0.05) is 5.16 Å². The van der Waals surface area contributed by atoms with Crippen molar-refractivity contribution >= 4 is 17.3 Å². The van der Waals surface area contributed by atoms with Crippen LogP contribution in [0.1, 0.15) is 35.3 Å². The van der Waals surface area contributed by atoms with Gasteiger partial charge in [-0.25, -0.2) is 4.79 Å². The van der Waals surface area contributed by atoms with Crippen molar-refractivity contribution in [3.63, 3.8) is 0 Å². The third kappa shape index (κ3) is 4.13. The average Bonchev–Trinajstić information content (AvgIpc) is 3.44. The Morgan fingerprint density at radius 1 is 1.17 bits per heavy atom. The molecule has 4 rings (SSSR count). The maximum atomic E-state index is 12.4. The molecule has 0 atom stereocenters. The second-order valence-electron chi connectivity index (χ2n) is 6.74. The predicted molar refractivity (Wildman–Crippen MR) is 102 cm³/mol. The van der Waals surface area contributed by atoms with Crippen LogP contribution in [0.2, 0.25) is 0 Å². The number of rotatable bonds is 6. The summed E-state index contributed by atoms with van der Waals surface area (Å²) in [6, 6.07) is 9.48. The molecule has 1 aliphatic heterocycles. The Kier molecular flexibility index (Phi) is 5.28. The lowest BCUT2D eigenvalue weighted by Gasteiger charge is -2.28. The number of ether oxygens (including phenoxy) is 1. The fourth-order valence-corrected chi connectivity index (χ4v) is 3.34. The molecule has 0 bridgehead atoms. The largest absolute Gasteiger partial charge is 0.461 e. The van der Waals surface area contributed by atoms with E-state index in [0.29, 0.717) is 22.9 Å². The van der Waals surface area contributed by atoms with Crippen LogP contribution in [0.5, 0.6) is 0 Å². The van der Waals surface area contributed by atoms with Crippen molar-refractivity contribution in [1.29, 1.82) is 0 Å². The van der Waals surface area contributed by atoms with Crippen molar-refractivity contribution in [1.82, 2.24) is 5.16 Å². The minimum absolute atomic E-state index is 0.0945. The van der Waals surface area contributed by atoms with E-state index in [4.69, 9.17) is 13.7 Å². The predicted octanol–water partition coefficient (Wildman–Crippen LogP) is 4.19. The van der Waals surface area contributed by atoms with Crippen molar-refractivity contribution in [2.45, 2.75) is 25.9 Å². The number of hydrogen-bond acceptors (Lipinski definition) is 8. The Balaban J connectivity index is 1.45. The zero-order valence-corrected chi connectivity index (χ0v) is 15.6. The first-order chi connectivity index (χ1) is 14.1. The Bertz CT molecular complexity index is 1010. The Morgan fingerprint density at radius 3 is 2.72 bits per heavy atom. The molecule has 0 unspecified atom stereocenters. The normalized spacial score (nSPS) is 14.0. The maximum absolute atomic E-state index is 12.4. The van der Waals surface area contributed by atoms with Crippen LogP contribution in [0.25, 0.3) is 11.5 Å². The highest BCUT2D eigenvalue weighted by Gasteiger charge is 2.23. The lowest BCUT2D eigenvalue weighted by atomic mass is 10.1.